The number of piperazine rings is 1. The number of carboxylic acid groups (broad SMARTS) is 1. The van der Waals surface area contributed by atoms with Gasteiger partial charge in [0.05, 0.1) is 11.3 Å². The van der Waals surface area contributed by atoms with Gasteiger partial charge in [-0.15, -0.1) is 0 Å². The number of carbonyl (C=O) groups excluding carboxylic acids is 1. The maximum atomic E-state index is 14.9. The molecule has 1 aliphatic heterocycles. The Morgan fingerprint density at radius 2 is 1.88 bits per heavy atom. The van der Waals surface area contributed by atoms with E-state index in [1.54, 1.807) is 17.9 Å². The normalized spacial score (nSPS) is 14.9. The fourth-order valence-electron chi connectivity index (χ4n) is 4.23. The second-order valence-corrected chi connectivity index (χ2v) is 8.43. The number of nitrogens with zero attached hydrogens (tertiary/aromatic N) is 4. The SMILES string of the molecule is CCn1ccc2cc(C(=O)NC[C@@H](C)c3cc(F)c(N4CCN(C(=O)O)CC4)cc3F)cnc21. The molecule has 10 heteroatoms. The quantitative estimate of drug-likeness (QED) is 0.573. The molecule has 3 aromatic rings. The molecule has 4 rings (SSSR count). The molecular formula is C24H27F2N5O3. The van der Waals surface area contributed by atoms with E-state index in [4.69, 9.17) is 5.11 Å². The van der Waals surface area contributed by atoms with Crippen LogP contribution in [0.1, 0.15) is 35.7 Å². The molecule has 8 nitrogen and oxygen atoms in total. The first-order chi connectivity index (χ1) is 16.3. The van der Waals surface area contributed by atoms with Gasteiger partial charge in [-0.05, 0) is 30.7 Å². The van der Waals surface area contributed by atoms with E-state index in [0.717, 1.165) is 29.7 Å². The summed E-state index contributed by atoms with van der Waals surface area (Å²) < 4.78 is 31.7. The van der Waals surface area contributed by atoms with Crippen LogP contribution >= 0.6 is 0 Å². The van der Waals surface area contributed by atoms with E-state index < -0.39 is 23.6 Å². The molecule has 1 atom stereocenters. The van der Waals surface area contributed by atoms with Crippen LogP contribution < -0.4 is 10.2 Å². The molecule has 1 aliphatic rings. The summed E-state index contributed by atoms with van der Waals surface area (Å²) in [6.45, 7) is 5.65. The second kappa shape index (κ2) is 9.66. The average Bonchev–Trinajstić information content (AvgIpc) is 3.26. The van der Waals surface area contributed by atoms with Crippen LogP contribution in [0, 0.1) is 11.6 Å². The number of rotatable bonds is 6. The topological polar surface area (TPSA) is 90.7 Å². The number of aromatic nitrogens is 2. The molecule has 1 fully saturated rings. The summed E-state index contributed by atoms with van der Waals surface area (Å²) in [6, 6.07) is 5.96. The van der Waals surface area contributed by atoms with Crippen molar-refractivity contribution < 1.29 is 23.5 Å². The maximum absolute atomic E-state index is 14.9. The Morgan fingerprint density at radius 1 is 1.15 bits per heavy atom. The number of aryl methyl sites for hydroxylation is 1. The fourth-order valence-corrected chi connectivity index (χ4v) is 4.23. The van der Waals surface area contributed by atoms with E-state index in [9.17, 15) is 18.4 Å². The summed E-state index contributed by atoms with van der Waals surface area (Å²) in [5.74, 6) is -1.94. The van der Waals surface area contributed by atoms with Gasteiger partial charge >= 0.3 is 6.09 Å². The first kappa shape index (κ1) is 23.5. The number of anilines is 1. The number of amides is 2. The average molecular weight is 472 g/mol. The molecule has 34 heavy (non-hydrogen) atoms. The van der Waals surface area contributed by atoms with Crippen LogP contribution in [-0.4, -0.2) is 64.3 Å². The van der Waals surface area contributed by atoms with E-state index >= 15 is 0 Å². The lowest BCUT2D eigenvalue weighted by atomic mass is 9.99. The fraction of sp³-hybridized carbons (Fsp3) is 0.375. The lowest BCUT2D eigenvalue weighted by Gasteiger charge is -2.35. The Bertz CT molecular complexity index is 1220. The van der Waals surface area contributed by atoms with Crippen molar-refractivity contribution in [2.24, 2.45) is 0 Å². The Balaban J connectivity index is 1.41. The first-order valence-electron chi connectivity index (χ1n) is 11.2. The third-order valence-electron chi connectivity index (χ3n) is 6.26. The van der Waals surface area contributed by atoms with Crippen LogP contribution in [-0.2, 0) is 6.54 Å². The van der Waals surface area contributed by atoms with Crippen LogP contribution in [0.3, 0.4) is 0 Å². The molecule has 0 aliphatic carbocycles. The molecular weight excluding hydrogens is 444 g/mol. The lowest BCUT2D eigenvalue weighted by Crippen LogP contribution is -2.48. The Morgan fingerprint density at radius 3 is 2.56 bits per heavy atom. The monoisotopic (exact) mass is 471 g/mol. The third kappa shape index (κ3) is 4.66. The molecule has 0 unspecified atom stereocenters. The van der Waals surface area contributed by atoms with E-state index in [0.29, 0.717) is 5.56 Å². The molecule has 1 saturated heterocycles. The highest BCUT2D eigenvalue weighted by atomic mass is 19.1. The Labute approximate surface area is 195 Å². The maximum Gasteiger partial charge on any atom is 0.407 e. The second-order valence-electron chi connectivity index (χ2n) is 8.43. The van der Waals surface area contributed by atoms with Crippen LogP contribution in [0.4, 0.5) is 19.3 Å². The van der Waals surface area contributed by atoms with Crippen molar-refractivity contribution >= 4 is 28.7 Å². The molecule has 0 bridgehead atoms. The number of nitrogens with one attached hydrogen (secondary N) is 1. The van der Waals surface area contributed by atoms with Crippen molar-refractivity contribution in [1.82, 2.24) is 19.8 Å². The van der Waals surface area contributed by atoms with Crippen molar-refractivity contribution in [3.05, 3.63) is 59.4 Å². The molecule has 0 saturated carbocycles. The minimum Gasteiger partial charge on any atom is -0.465 e. The Hall–Kier alpha value is -3.69. The van der Waals surface area contributed by atoms with Gasteiger partial charge in [-0.25, -0.2) is 18.6 Å². The third-order valence-corrected chi connectivity index (χ3v) is 6.26. The molecule has 180 valence electrons. The molecule has 2 N–H and O–H groups in total. The summed E-state index contributed by atoms with van der Waals surface area (Å²) in [5.41, 5.74) is 1.48. The van der Waals surface area contributed by atoms with Crippen molar-refractivity contribution in [2.45, 2.75) is 26.3 Å². The van der Waals surface area contributed by atoms with Crippen molar-refractivity contribution in [1.29, 1.82) is 0 Å². The summed E-state index contributed by atoms with van der Waals surface area (Å²) in [6.07, 6.45) is 2.40. The van der Waals surface area contributed by atoms with Gasteiger partial charge in [-0.3, -0.25) is 4.79 Å². The van der Waals surface area contributed by atoms with E-state index in [1.165, 1.54) is 11.1 Å². The van der Waals surface area contributed by atoms with Gasteiger partial charge in [-0.1, -0.05) is 6.92 Å². The molecule has 1 aromatic carbocycles. The predicted molar refractivity (Wildman–Crippen MR) is 124 cm³/mol. The van der Waals surface area contributed by atoms with Crippen LogP contribution in [0.15, 0.2) is 36.7 Å². The molecule has 2 amide bonds. The first-order valence-corrected chi connectivity index (χ1v) is 11.2. The number of hydrogen-bond acceptors (Lipinski definition) is 4. The molecule has 0 radical (unpaired) electrons. The number of pyridine rings is 1. The van der Waals surface area contributed by atoms with E-state index in [1.807, 2.05) is 23.8 Å². The number of benzene rings is 1. The van der Waals surface area contributed by atoms with Crippen molar-refractivity contribution in [3.63, 3.8) is 0 Å². The number of halogens is 2. The van der Waals surface area contributed by atoms with Crippen LogP contribution in [0.2, 0.25) is 0 Å². The zero-order valence-electron chi connectivity index (χ0n) is 19.1. The number of carbonyl (C=O) groups is 2. The van der Waals surface area contributed by atoms with Gasteiger partial charge in [0.1, 0.15) is 17.3 Å². The summed E-state index contributed by atoms with van der Waals surface area (Å²) >= 11 is 0. The highest BCUT2D eigenvalue weighted by molar-refractivity contribution is 5.97. The minimum absolute atomic E-state index is 0.112. The van der Waals surface area contributed by atoms with E-state index in [2.05, 4.69) is 10.3 Å². The number of fused-ring (bicyclic) bond motifs is 1. The van der Waals surface area contributed by atoms with Crippen LogP contribution in [0.5, 0.6) is 0 Å². The van der Waals surface area contributed by atoms with E-state index in [-0.39, 0.29) is 49.9 Å². The van der Waals surface area contributed by atoms with Gasteiger partial charge in [0.2, 0.25) is 0 Å². The standard InChI is InChI=1S/C24H27F2N5O3/c1-3-29-5-4-16-10-17(14-27-22(16)29)23(32)28-13-15(2)18-11-20(26)21(12-19(18)25)30-6-8-31(9-7-30)24(33)34/h4-5,10-12,14-15H,3,6-9,13H2,1-2H3,(H,28,32)(H,33,34)/t15-/m1/s1. The predicted octanol–water partition coefficient (Wildman–Crippen LogP) is 3.67. The van der Waals surface area contributed by atoms with Gasteiger partial charge < -0.3 is 24.8 Å². The number of hydrogen-bond donors (Lipinski definition) is 2. The molecule has 3 heterocycles. The zero-order chi connectivity index (χ0) is 24.4. The molecule has 0 spiro atoms. The van der Waals surface area contributed by atoms with Gasteiger partial charge in [0, 0.05) is 69.0 Å². The summed E-state index contributed by atoms with van der Waals surface area (Å²) in [7, 11) is 0. The summed E-state index contributed by atoms with van der Waals surface area (Å²) in [4.78, 5) is 30.9. The van der Waals surface area contributed by atoms with Crippen molar-refractivity contribution in [2.75, 3.05) is 37.6 Å². The van der Waals surface area contributed by atoms with Gasteiger partial charge in [0.25, 0.3) is 5.91 Å². The lowest BCUT2D eigenvalue weighted by molar-refractivity contribution is 0.0951. The van der Waals surface area contributed by atoms with Crippen LogP contribution in [0.25, 0.3) is 11.0 Å². The minimum atomic E-state index is -1.02. The van der Waals surface area contributed by atoms with Gasteiger partial charge in [-0.2, -0.15) is 0 Å². The van der Waals surface area contributed by atoms with Crippen molar-refractivity contribution in [3.8, 4) is 0 Å². The highest BCUT2D eigenvalue weighted by Crippen LogP contribution is 2.28. The molecule has 2 aromatic heterocycles. The highest BCUT2D eigenvalue weighted by Gasteiger charge is 2.24. The largest absolute Gasteiger partial charge is 0.465 e. The smallest absolute Gasteiger partial charge is 0.407 e. The zero-order valence-corrected chi connectivity index (χ0v) is 19.1. The van der Waals surface area contributed by atoms with Gasteiger partial charge in [0.15, 0.2) is 0 Å². The Kier molecular flexibility index (Phi) is 6.67. The summed E-state index contributed by atoms with van der Waals surface area (Å²) in [5, 5.41) is 12.7.